The molecule has 0 radical (unpaired) electrons. The topological polar surface area (TPSA) is 29.9 Å². The Morgan fingerprint density at radius 1 is 1.30 bits per heavy atom. The van der Waals surface area contributed by atoms with E-state index in [0.29, 0.717) is 12.0 Å². The summed E-state index contributed by atoms with van der Waals surface area (Å²) in [6.07, 6.45) is 3.75. The summed E-state index contributed by atoms with van der Waals surface area (Å²) in [5.74, 6) is 0.610. The number of aryl methyl sites for hydroxylation is 1. The van der Waals surface area contributed by atoms with Gasteiger partial charge >= 0.3 is 0 Å². The Hall–Kier alpha value is -1.35. The Kier molecular flexibility index (Phi) is 3.79. The van der Waals surface area contributed by atoms with Crippen LogP contribution in [-0.2, 0) is 13.0 Å². The minimum absolute atomic E-state index is 0.563. The SMILES string of the molecule is CCn1nc(CC(C)C(C)NC2CC2)c2ccccc21. The highest BCUT2D eigenvalue weighted by Crippen LogP contribution is 2.24. The number of hydrogen-bond acceptors (Lipinski definition) is 2. The summed E-state index contributed by atoms with van der Waals surface area (Å²) < 4.78 is 2.12. The van der Waals surface area contributed by atoms with Gasteiger partial charge in [0.15, 0.2) is 0 Å². The smallest absolute Gasteiger partial charge is 0.0706 e. The molecule has 1 saturated carbocycles. The van der Waals surface area contributed by atoms with Crippen molar-refractivity contribution in [1.29, 1.82) is 0 Å². The van der Waals surface area contributed by atoms with Crippen molar-refractivity contribution in [3.05, 3.63) is 30.0 Å². The Bertz CT molecular complexity index is 583. The molecular weight excluding hydrogens is 246 g/mol. The van der Waals surface area contributed by atoms with Gasteiger partial charge in [-0.25, -0.2) is 0 Å². The van der Waals surface area contributed by atoms with Gasteiger partial charge in [0.25, 0.3) is 0 Å². The van der Waals surface area contributed by atoms with Gasteiger partial charge in [-0.3, -0.25) is 4.68 Å². The van der Waals surface area contributed by atoms with Crippen molar-refractivity contribution in [1.82, 2.24) is 15.1 Å². The van der Waals surface area contributed by atoms with E-state index in [9.17, 15) is 0 Å². The Balaban J connectivity index is 1.79. The van der Waals surface area contributed by atoms with Gasteiger partial charge in [0.05, 0.1) is 11.2 Å². The maximum Gasteiger partial charge on any atom is 0.0706 e. The predicted molar refractivity (Wildman–Crippen MR) is 83.9 cm³/mol. The van der Waals surface area contributed by atoms with Crippen molar-refractivity contribution in [3.63, 3.8) is 0 Å². The number of nitrogens with zero attached hydrogens (tertiary/aromatic N) is 2. The molecule has 0 spiro atoms. The summed E-state index contributed by atoms with van der Waals surface area (Å²) in [6.45, 7) is 7.73. The number of para-hydroxylation sites is 1. The van der Waals surface area contributed by atoms with Crippen molar-refractivity contribution in [3.8, 4) is 0 Å². The summed E-state index contributed by atoms with van der Waals surface area (Å²) in [6, 6.07) is 9.93. The average molecular weight is 271 g/mol. The zero-order valence-corrected chi connectivity index (χ0v) is 12.8. The standard InChI is InChI=1S/C17H25N3/c1-4-20-17-8-6-5-7-15(17)16(19-20)11-12(2)13(3)18-14-9-10-14/h5-8,12-14,18H,4,9-11H2,1-3H3. The zero-order valence-electron chi connectivity index (χ0n) is 12.8. The van der Waals surface area contributed by atoms with Gasteiger partial charge in [-0.05, 0) is 45.1 Å². The van der Waals surface area contributed by atoms with Crippen LogP contribution in [0.2, 0.25) is 0 Å². The minimum Gasteiger partial charge on any atom is -0.311 e. The lowest BCUT2D eigenvalue weighted by Crippen LogP contribution is -2.34. The highest BCUT2D eigenvalue weighted by atomic mass is 15.3. The van der Waals surface area contributed by atoms with Crippen LogP contribution in [0.4, 0.5) is 0 Å². The fourth-order valence-corrected chi connectivity index (χ4v) is 2.86. The second kappa shape index (κ2) is 5.57. The molecule has 3 heteroatoms. The van der Waals surface area contributed by atoms with E-state index >= 15 is 0 Å². The monoisotopic (exact) mass is 271 g/mol. The minimum atomic E-state index is 0.563. The number of hydrogen-bond donors (Lipinski definition) is 1. The van der Waals surface area contributed by atoms with Crippen LogP contribution in [0.3, 0.4) is 0 Å². The third-order valence-electron chi connectivity index (χ3n) is 4.48. The summed E-state index contributed by atoms with van der Waals surface area (Å²) >= 11 is 0. The molecule has 2 aromatic rings. The Labute approximate surface area is 121 Å². The molecule has 20 heavy (non-hydrogen) atoms. The van der Waals surface area contributed by atoms with Crippen LogP contribution in [-0.4, -0.2) is 21.9 Å². The number of aromatic nitrogens is 2. The molecular formula is C17H25N3. The van der Waals surface area contributed by atoms with Crippen molar-refractivity contribution in [2.75, 3.05) is 0 Å². The second-order valence-corrected chi connectivity index (χ2v) is 6.19. The van der Waals surface area contributed by atoms with Gasteiger partial charge in [0, 0.05) is 24.0 Å². The summed E-state index contributed by atoms with van der Waals surface area (Å²) in [4.78, 5) is 0. The molecule has 3 rings (SSSR count). The maximum atomic E-state index is 4.81. The summed E-state index contributed by atoms with van der Waals surface area (Å²) in [5.41, 5.74) is 2.51. The fraction of sp³-hybridized carbons (Fsp3) is 0.588. The first-order chi connectivity index (χ1) is 9.69. The van der Waals surface area contributed by atoms with Gasteiger partial charge in [-0.2, -0.15) is 5.10 Å². The van der Waals surface area contributed by atoms with Crippen LogP contribution >= 0.6 is 0 Å². The van der Waals surface area contributed by atoms with Gasteiger partial charge in [0.1, 0.15) is 0 Å². The van der Waals surface area contributed by atoms with Crippen LogP contribution in [0.25, 0.3) is 10.9 Å². The largest absolute Gasteiger partial charge is 0.311 e. The highest BCUT2D eigenvalue weighted by molar-refractivity contribution is 5.81. The molecule has 0 bridgehead atoms. The molecule has 108 valence electrons. The molecule has 1 aromatic carbocycles. The number of benzene rings is 1. The Morgan fingerprint density at radius 2 is 2.05 bits per heavy atom. The number of nitrogens with one attached hydrogen (secondary N) is 1. The molecule has 2 unspecified atom stereocenters. The number of fused-ring (bicyclic) bond motifs is 1. The van der Waals surface area contributed by atoms with Gasteiger partial charge in [-0.15, -0.1) is 0 Å². The number of rotatable bonds is 6. The molecule has 1 aliphatic carbocycles. The second-order valence-electron chi connectivity index (χ2n) is 6.19. The van der Waals surface area contributed by atoms with Crippen LogP contribution in [0.1, 0.15) is 39.3 Å². The van der Waals surface area contributed by atoms with E-state index in [1.165, 1.54) is 29.4 Å². The van der Waals surface area contributed by atoms with Crippen molar-refractivity contribution >= 4 is 10.9 Å². The molecule has 3 nitrogen and oxygen atoms in total. The van der Waals surface area contributed by atoms with E-state index in [2.05, 4.69) is 55.0 Å². The first-order valence-electron chi connectivity index (χ1n) is 7.89. The zero-order chi connectivity index (χ0) is 14.1. The van der Waals surface area contributed by atoms with E-state index < -0.39 is 0 Å². The van der Waals surface area contributed by atoms with Crippen molar-refractivity contribution in [2.45, 2.75) is 58.7 Å². The molecule has 1 N–H and O–H groups in total. The van der Waals surface area contributed by atoms with Crippen LogP contribution < -0.4 is 5.32 Å². The molecule has 1 aliphatic rings. The van der Waals surface area contributed by atoms with Crippen LogP contribution in [0.15, 0.2) is 24.3 Å². The lowest BCUT2D eigenvalue weighted by molar-refractivity contribution is 0.392. The quantitative estimate of drug-likeness (QED) is 0.873. The van der Waals surface area contributed by atoms with E-state index in [4.69, 9.17) is 5.10 Å². The normalized spacial score (nSPS) is 18.4. The van der Waals surface area contributed by atoms with Gasteiger partial charge in [0.2, 0.25) is 0 Å². The lowest BCUT2D eigenvalue weighted by atomic mass is 9.96. The molecule has 1 heterocycles. The molecule has 0 amide bonds. The van der Waals surface area contributed by atoms with Gasteiger partial charge in [-0.1, -0.05) is 25.1 Å². The average Bonchev–Trinajstić information content (AvgIpc) is 3.20. The van der Waals surface area contributed by atoms with Gasteiger partial charge < -0.3 is 5.32 Å². The van der Waals surface area contributed by atoms with E-state index in [1.54, 1.807) is 0 Å². The highest BCUT2D eigenvalue weighted by Gasteiger charge is 2.25. The fourth-order valence-electron chi connectivity index (χ4n) is 2.86. The first kappa shape index (κ1) is 13.6. The van der Waals surface area contributed by atoms with E-state index in [0.717, 1.165) is 19.0 Å². The van der Waals surface area contributed by atoms with Crippen molar-refractivity contribution in [2.24, 2.45) is 5.92 Å². The van der Waals surface area contributed by atoms with E-state index in [-0.39, 0.29) is 0 Å². The molecule has 0 aliphatic heterocycles. The lowest BCUT2D eigenvalue weighted by Gasteiger charge is -2.20. The maximum absolute atomic E-state index is 4.81. The molecule has 1 aromatic heterocycles. The molecule has 0 saturated heterocycles. The predicted octanol–water partition coefficient (Wildman–Crippen LogP) is 3.38. The summed E-state index contributed by atoms with van der Waals surface area (Å²) in [7, 11) is 0. The van der Waals surface area contributed by atoms with Crippen LogP contribution in [0.5, 0.6) is 0 Å². The molecule has 1 fully saturated rings. The molecule has 2 atom stereocenters. The van der Waals surface area contributed by atoms with Crippen molar-refractivity contribution < 1.29 is 0 Å². The third kappa shape index (κ3) is 2.73. The van der Waals surface area contributed by atoms with Crippen LogP contribution in [0, 0.1) is 5.92 Å². The first-order valence-corrected chi connectivity index (χ1v) is 7.89. The Morgan fingerprint density at radius 3 is 2.75 bits per heavy atom. The summed E-state index contributed by atoms with van der Waals surface area (Å²) in [5, 5.41) is 9.84. The van der Waals surface area contributed by atoms with E-state index in [1.807, 2.05) is 0 Å². The third-order valence-corrected chi connectivity index (χ3v) is 4.48.